The Hall–Kier alpha value is -3.78. The standard InChI is InChI=1S/C26H27ClFN5O2/c1-4-34-20-11-17(24(28)23(13-20)35-15(2)3)14-33(19-8-5-16(6-9-19)25(29)30)26-31-21-10-7-18(27)12-22(21)32-26/h5-13,15H,4,14H2,1-3H3,(H3,29,30)(H,31,32). The van der Waals surface area contributed by atoms with E-state index in [1.165, 1.54) is 0 Å². The van der Waals surface area contributed by atoms with Crippen molar-refractivity contribution in [3.8, 4) is 11.5 Å². The molecule has 0 atom stereocenters. The Morgan fingerprint density at radius 1 is 1.17 bits per heavy atom. The SMILES string of the molecule is CCOc1cc(CN(c2ccc(C(=N)N)cc2)c2nc3ccc(Cl)cc3[nH]2)c(F)c(OC(C)C)c1. The first-order valence-electron chi connectivity index (χ1n) is 11.2. The van der Waals surface area contributed by atoms with Crippen molar-refractivity contribution in [3.63, 3.8) is 0 Å². The molecule has 0 saturated heterocycles. The second-order valence-electron chi connectivity index (χ2n) is 8.26. The van der Waals surface area contributed by atoms with Crippen molar-refractivity contribution in [2.24, 2.45) is 5.73 Å². The number of nitrogens with zero attached hydrogens (tertiary/aromatic N) is 2. The molecule has 0 saturated carbocycles. The van der Waals surface area contributed by atoms with Crippen LogP contribution in [0.15, 0.2) is 54.6 Å². The van der Waals surface area contributed by atoms with E-state index >= 15 is 4.39 Å². The smallest absolute Gasteiger partial charge is 0.208 e. The molecule has 1 aromatic heterocycles. The van der Waals surface area contributed by atoms with Crippen molar-refractivity contribution in [1.29, 1.82) is 5.41 Å². The first-order chi connectivity index (χ1) is 16.7. The van der Waals surface area contributed by atoms with Gasteiger partial charge in [-0.05, 0) is 69.3 Å². The summed E-state index contributed by atoms with van der Waals surface area (Å²) < 4.78 is 27.0. The number of nitrogens with one attached hydrogen (secondary N) is 2. The molecule has 35 heavy (non-hydrogen) atoms. The molecule has 9 heteroatoms. The van der Waals surface area contributed by atoms with Crippen LogP contribution in [0.2, 0.25) is 5.02 Å². The molecule has 0 amide bonds. The number of benzene rings is 3. The highest BCUT2D eigenvalue weighted by Crippen LogP contribution is 2.33. The Labute approximate surface area is 208 Å². The molecule has 0 aliphatic carbocycles. The summed E-state index contributed by atoms with van der Waals surface area (Å²) in [7, 11) is 0. The van der Waals surface area contributed by atoms with E-state index < -0.39 is 5.82 Å². The number of nitrogens with two attached hydrogens (primary N) is 1. The molecule has 4 N–H and O–H groups in total. The van der Waals surface area contributed by atoms with Gasteiger partial charge in [0.1, 0.15) is 11.6 Å². The first kappa shape index (κ1) is 24.3. The second kappa shape index (κ2) is 10.2. The normalized spacial score (nSPS) is 11.1. The number of amidine groups is 1. The summed E-state index contributed by atoms with van der Waals surface area (Å²) in [5, 5.41) is 8.26. The average Bonchev–Trinajstić information content (AvgIpc) is 3.23. The summed E-state index contributed by atoms with van der Waals surface area (Å²) >= 11 is 6.16. The molecular weight excluding hydrogens is 469 g/mol. The van der Waals surface area contributed by atoms with E-state index in [0.717, 1.165) is 16.7 Å². The molecular formula is C26H27ClFN5O2. The summed E-state index contributed by atoms with van der Waals surface area (Å²) in [4.78, 5) is 9.82. The molecule has 4 rings (SSSR count). The van der Waals surface area contributed by atoms with Gasteiger partial charge in [-0.2, -0.15) is 0 Å². The van der Waals surface area contributed by atoms with Crippen molar-refractivity contribution in [2.75, 3.05) is 11.5 Å². The lowest BCUT2D eigenvalue weighted by Crippen LogP contribution is -2.20. The van der Waals surface area contributed by atoms with E-state index in [1.807, 2.05) is 43.9 Å². The largest absolute Gasteiger partial charge is 0.494 e. The van der Waals surface area contributed by atoms with Crippen LogP contribution in [-0.2, 0) is 6.54 Å². The van der Waals surface area contributed by atoms with Gasteiger partial charge in [0.25, 0.3) is 0 Å². The summed E-state index contributed by atoms with van der Waals surface area (Å²) in [6.45, 7) is 6.12. The number of hydrogen-bond donors (Lipinski definition) is 3. The molecule has 3 aromatic carbocycles. The lowest BCUT2D eigenvalue weighted by Gasteiger charge is -2.24. The van der Waals surface area contributed by atoms with E-state index in [-0.39, 0.29) is 24.2 Å². The molecule has 0 aliphatic rings. The van der Waals surface area contributed by atoms with Gasteiger partial charge in [-0.3, -0.25) is 5.41 Å². The Kier molecular flexibility index (Phi) is 7.12. The molecule has 0 bridgehead atoms. The van der Waals surface area contributed by atoms with Crippen LogP contribution in [0.1, 0.15) is 31.9 Å². The molecule has 4 aromatic rings. The third kappa shape index (κ3) is 5.49. The van der Waals surface area contributed by atoms with Crippen LogP contribution in [0.5, 0.6) is 11.5 Å². The van der Waals surface area contributed by atoms with Gasteiger partial charge in [-0.1, -0.05) is 11.6 Å². The van der Waals surface area contributed by atoms with Crippen molar-refractivity contribution in [3.05, 3.63) is 76.6 Å². The zero-order valence-corrected chi connectivity index (χ0v) is 20.5. The number of aromatic nitrogens is 2. The van der Waals surface area contributed by atoms with Crippen molar-refractivity contribution < 1.29 is 13.9 Å². The second-order valence-corrected chi connectivity index (χ2v) is 8.70. The van der Waals surface area contributed by atoms with Crippen molar-refractivity contribution in [2.45, 2.75) is 33.4 Å². The van der Waals surface area contributed by atoms with Gasteiger partial charge >= 0.3 is 0 Å². The van der Waals surface area contributed by atoms with Gasteiger partial charge in [-0.15, -0.1) is 0 Å². The van der Waals surface area contributed by atoms with E-state index in [2.05, 4.69) is 4.98 Å². The number of nitrogen functional groups attached to an aromatic ring is 1. The van der Waals surface area contributed by atoms with Gasteiger partial charge in [0.2, 0.25) is 5.95 Å². The van der Waals surface area contributed by atoms with E-state index in [4.69, 9.17) is 37.2 Å². The fourth-order valence-electron chi connectivity index (χ4n) is 3.71. The van der Waals surface area contributed by atoms with E-state index in [0.29, 0.717) is 34.5 Å². The number of halogens is 2. The molecule has 0 aliphatic heterocycles. The number of hydrogen-bond acceptors (Lipinski definition) is 5. The van der Waals surface area contributed by atoms with Crippen LogP contribution in [0, 0.1) is 11.2 Å². The number of rotatable bonds is 9. The number of anilines is 2. The quantitative estimate of drug-likeness (QED) is 0.190. The van der Waals surface area contributed by atoms with Gasteiger partial charge < -0.3 is 25.1 Å². The third-order valence-corrected chi connectivity index (χ3v) is 5.50. The molecule has 7 nitrogen and oxygen atoms in total. The van der Waals surface area contributed by atoms with Crippen LogP contribution in [0.25, 0.3) is 11.0 Å². The molecule has 182 valence electrons. The minimum Gasteiger partial charge on any atom is -0.494 e. The minimum atomic E-state index is -0.466. The van der Waals surface area contributed by atoms with E-state index in [1.54, 1.807) is 36.4 Å². The Morgan fingerprint density at radius 3 is 2.57 bits per heavy atom. The fourth-order valence-corrected chi connectivity index (χ4v) is 3.88. The Balaban J connectivity index is 1.82. The summed E-state index contributed by atoms with van der Waals surface area (Å²) in [6, 6.07) is 15.7. The van der Waals surface area contributed by atoms with Crippen molar-refractivity contribution in [1.82, 2.24) is 9.97 Å². The van der Waals surface area contributed by atoms with Crippen LogP contribution < -0.4 is 20.1 Å². The number of imidazole rings is 1. The topological polar surface area (TPSA) is 100 Å². The molecule has 1 heterocycles. The van der Waals surface area contributed by atoms with Gasteiger partial charge in [0.15, 0.2) is 11.6 Å². The van der Waals surface area contributed by atoms with Gasteiger partial charge in [0, 0.05) is 27.9 Å². The highest BCUT2D eigenvalue weighted by atomic mass is 35.5. The van der Waals surface area contributed by atoms with Crippen LogP contribution in [0.4, 0.5) is 16.0 Å². The van der Waals surface area contributed by atoms with Crippen molar-refractivity contribution >= 4 is 40.1 Å². The highest BCUT2D eigenvalue weighted by molar-refractivity contribution is 6.31. The van der Waals surface area contributed by atoms with Gasteiger partial charge in [-0.25, -0.2) is 9.37 Å². The molecule has 0 unspecified atom stereocenters. The monoisotopic (exact) mass is 495 g/mol. The van der Waals surface area contributed by atoms with Crippen LogP contribution in [-0.4, -0.2) is 28.5 Å². The maximum Gasteiger partial charge on any atom is 0.208 e. The van der Waals surface area contributed by atoms with E-state index in [9.17, 15) is 0 Å². The number of fused-ring (bicyclic) bond motifs is 1. The third-order valence-electron chi connectivity index (χ3n) is 5.27. The highest BCUT2D eigenvalue weighted by Gasteiger charge is 2.21. The number of H-pyrrole nitrogens is 1. The number of aromatic amines is 1. The summed E-state index contributed by atoms with van der Waals surface area (Å²) in [5.41, 5.74) is 8.79. The zero-order valence-electron chi connectivity index (χ0n) is 19.7. The summed E-state index contributed by atoms with van der Waals surface area (Å²) in [5.74, 6) is 0.650. The predicted molar refractivity (Wildman–Crippen MR) is 138 cm³/mol. The first-order valence-corrected chi connectivity index (χ1v) is 11.6. The maximum atomic E-state index is 15.6. The number of ether oxygens (including phenoxy) is 2. The Bertz CT molecular complexity index is 1350. The lowest BCUT2D eigenvalue weighted by atomic mass is 10.1. The fraction of sp³-hybridized carbons (Fsp3) is 0.231. The van der Waals surface area contributed by atoms with Crippen LogP contribution in [0.3, 0.4) is 0 Å². The summed E-state index contributed by atoms with van der Waals surface area (Å²) in [6.07, 6.45) is -0.204. The van der Waals surface area contributed by atoms with Gasteiger partial charge in [0.05, 0.1) is 30.3 Å². The molecule has 0 spiro atoms. The Morgan fingerprint density at radius 2 is 1.91 bits per heavy atom. The maximum absolute atomic E-state index is 15.6. The zero-order chi connectivity index (χ0) is 25.1. The molecule has 0 radical (unpaired) electrons. The minimum absolute atomic E-state index is 0.0348. The van der Waals surface area contributed by atoms with Crippen LogP contribution >= 0.6 is 11.6 Å². The lowest BCUT2D eigenvalue weighted by molar-refractivity contribution is 0.228. The molecule has 0 fully saturated rings. The average molecular weight is 496 g/mol. The predicted octanol–water partition coefficient (Wildman–Crippen LogP) is 6.16.